The molecule has 0 atom stereocenters. The van der Waals surface area contributed by atoms with E-state index in [2.05, 4.69) is 10.4 Å². The molecule has 0 fully saturated rings. The average Bonchev–Trinajstić information content (AvgIpc) is 3.26. The highest BCUT2D eigenvalue weighted by atomic mass is 19.1. The van der Waals surface area contributed by atoms with E-state index < -0.39 is 10.8 Å². The van der Waals surface area contributed by atoms with Gasteiger partial charge >= 0.3 is 0 Å². The highest BCUT2D eigenvalue weighted by Crippen LogP contribution is 2.30. The van der Waals surface area contributed by atoms with Crippen LogP contribution in [0.1, 0.15) is 33.7 Å². The molecule has 142 valence electrons. The van der Waals surface area contributed by atoms with Gasteiger partial charge in [0.2, 0.25) is 0 Å². The number of amides is 1. The molecule has 1 aliphatic rings. The van der Waals surface area contributed by atoms with Crippen LogP contribution in [0.2, 0.25) is 0 Å². The lowest BCUT2D eigenvalue weighted by Crippen LogP contribution is -2.16. The fourth-order valence-corrected chi connectivity index (χ4v) is 3.55. The molecule has 0 spiro atoms. The molecule has 0 aliphatic heterocycles. The largest absolute Gasteiger partial charge is 0.320 e. The van der Waals surface area contributed by atoms with Gasteiger partial charge in [-0.25, -0.2) is 9.07 Å². The van der Waals surface area contributed by atoms with E-state index in [1.807, 2.05) is 0 Å². The lowest BCUT2D eigenvalue weighted by molar-refractivity contribution is -0.385. The van der Waals surface area contributed by atoms with Crippen molar-refractivity contribution in [1.82, 2.24) is 9.78 Å². The topological polar surface area (TPSA) is 90.1 Å². The van der Waals surface area contributed by atoms with Crippen LogP contribution in [0.15, 0.2) is 42.5 Å². The average molecular weight is 380 g/mol. The van der Waals surface area contributed by atoms with Gasteiger partial charge < -0.3 is 5.32 Å². The second kappa shape index (κ2) is 6.88. The molecule has 1 N–H and O–H groups in total. The molecule has 7 nitrogen and oxygen atoms in total. The number of aromatic nitrogens is 2. The smallest absolute Gasteiger partial charge is 0.276 e. The summed E-state index contributed by atoms with van der Waals surface area (Å²) in [6.45, 7) is 1.59. The molecule has 1 heterocycles. The number of benzene rings is 2. The molecule has 28 heavy (non-hydrogen) atoms. The number of nitrogens with one attached hydrogen (secondary N) is 1. The summed E-state index contributed by atoms with van der Waals surface area (Å²) in [7, 11) is 0. The summed E-state index contributed by atoms with van der Waals surface area (Å²) in [5.41, 5.74) is 3.49. The number of hydrogen-bond acceptors (Lipinski definition) is 4. The summed E-state index contributed by atoms with van der Waals surface area (Å²) in [5, 5.41) is 18.3. The Balaban J connectivity index is 1.70. The fourth-order valence-electron chi connectivity index (χ4n) is 3.55. The molecule has 3 aromatic rings. The first kappa shape index (κ1) is 17.8. The molecule has 0 saturated carbocycles. The summed E-state index contributed by atoms with van der Waals surface area (Å²) < 4.78 is 14.9. The summed E-state index contributed by atoms with van der Waals surface area (Å²) in [5.74, 6) is -0.755. The molecule has 1 amide bonds. The quantitative estimate of drug-likeness (QED) is 0.548. The van der Waals surface area contributed by atoms with Crippen LogP contribution >= 0.6 is 0 Å². The van der Waals surface area contributed by atoms with E-state index >= 15 is 0 Å². The van der Waals surface area contributed by atoms with E-state index in [-0.39, 0.29) is 11.5 Å². The zero-order valence-electron chi connectivity index (χ0n) is 15.1. The summed E-state index contributed by atoms with van der Waals surface area (Å²) >= 11 is 0. The van der Waals surface area contributed by atoms with Gasteiger partial charge in [-0.1, -0.05) is 6.07 Å². The van der Waals surface area contributed by atoms with E-state index in [9.17, 15) is 19.3 Å². The monoisotopic (exact) mass is 380 g/mol. The summed E-state index contributed by atoms with van der Waals surface area (Å²) in [6, 6.07) is 10.5. The van der Waals surface area contributed by atoms with Crippen LogP contribution in [0.4, 0.5) is 15.8 Å². The van der Waals surface area contributed by atoms with Crippen LogP contribution in [0.25, 0.3) is 5.69 Å². The van der Waals surface area contributed by atoms with Crippen LogP contribution in [-0.4, -0.2) is 20.6 Å². The van der Waals surface area contributed by atoms with Gasteiger partial charge in [0.15, 0.2) is 5.69 Å². The number of halogens is 1. The Morgan fingerprint density at radius 2 is 1.96 bits per heavy atom. The number of rotatable bonds is 4. The lowest BCUT2D eigenvalue weighted by Gasteiger charge is -2.08. The fraction of sp³-hybridized carbons (Fsp3) is 0.200. The van der Waals surface area contributed by atoms with Crippen molar-refractivity contribution >= 4 is 17.3 Å². The van der Waals surface area contributed by atoms with Gasteiger partial charge in [-0.05, 0) is 56.5 Å². The Bertz CT molecular complexity index is 1090. The first-order valence-electron chi connectivity index (χ1n) is 8.88. The number of nitro groups is 1. The Kier molecular flexibility index (Phi) is 4.38. The molecule has 0 radical (unpaired) electrons. The van der Waals surface area contributed by atoms with Crippen molar-refractivity contribution < 1.29 is 14.1 Å². The Hall–Kier alpha value is -3.55. The van der Waals surface area contributed by atoms with Crippen molar-refractivity contribution in [3.63, 3.8) is 0 Å². The number of fused-ring (bicyclic) bond motifs is 1. The first-order valence-corrected chi connectivity index (χ1v) is 8.88. The van der Waals surface area contributed by atoms with Crippen LogP contribution in [0.5, 0.6) is 0 Å². The third kappa shape index (κ3) is 3.02. The molecule has 4 rings (SSSR count). The minimum absolute atomic E-state index is 0.0557. The van der Waals surface area contributed by atoms with Crippen molar-refractivity contribution in [2.45, 2.75) is 26.2 Å². The number of anilines is 1. The van der Waals surface area contributed by atoms with Gasteiger partial charge in [0.05, 0.1) is 21.9 Å². The van der Waals surface area contributed by atoms with Crippen molar-refractivity contribution in [3.8, 4) is 5.69 Å². The van der Waals surface area contributed by atoms with Gasteiger partial charge in [0.1, 0.15) is 5.82 Å². The third-order valence-electron chi connectivity index (χ3n) is 4.97. The lowest BCUT2D eigenvalue weighted by atomic mass is 10.1. The molecule has 1 aliphatic carbocycles. The Morgan fingerprint density at radius 1 is 1.21 bits per heavy atom. The Labute approximate surface area is 160 Å². The van der Waals surface area contributed by atoms with Crippen LogP contribution in [0, 0.1) is 22.9 Å². The second-order valence-electron chi connectivity index (χ2n) is 6.68. The summed E-state index contributed by atoms with van der Waals surface area (Å²) in [4.78, 5) is 23.5. The predicted molar refractivity (Wildman–Crippen MR) is 101 cm³/mol. The first-order chi connectivity index (χ1) is 13.5. The van der Waals surface area contributed by atoms with Gasteiger partial charge in [0, 0.05) is 17.3 Å². The number of nitro benzene ring substituents is 1. The van der Waals surface area contributed by atoms with Crippen molar-refractivity contribution in [2.24, 2.45) is 0 Å². The molecule has 0 saturated heterocycles. The maximum atomic E-state index is 13.2. The molecular formula is C20H17FN4O3. The van der Waals surface area contributed by atoms with Gasteiger partial charge in [-0.3, -0.25) is 14.9 Å². The van der Waals surface area contributed by atoms with Gasteiger partial charge in [-0.2, -0.15) is 5.10 Å². The van der Waals surface area contributed by atoms with E-state index in [0.29, 0.717) is 22.6 Å². The van der Waals surface area contributed by atoms with Crippen molar-refractivity contribution in [1.29, 1.82) is 0 Å². The number of nitrogens with zero attached hydrogens (tertiary/aromatic N) is 3. The predicted octanol–water partition coefficient (Wildman–Crippen LogP) is 3.97. The van der Waals surface area contributed by atoms with Gasteiger partial charge in [-0.15, -0.1) is 0 Å². The number of carbonyl (C=O) groups excluding carboxylic acids is 1. The normalized spacial score (nSPS) is 12.6. The van der Waals surface area contributed by atoms with E-state index in [1.54, 1.807) is 29.8 Å². The SMILES string of the molecule is Cc1c(NC(=O)c2nn(-c3ccc(F)cc3)c3c2CCC3)cccc1[N+](=O)[O-]. The maximum Gasteiger partial charge on any atom is 0.276 e. The minimum Gasteiger partial charge on any atom is -0.320 e. The summed E-state index contributed by atoms with van der Waals surface area (Å²) in [6.07, 6.45) is 2.42. The molecule has 0 bridgehead atoms. The van der Waals surface area contributed by atoms with Gasteiger partial charge in [0.25, 0.3) is 11.6 Å². The van der Waals surface area contributed by atoms with E-state index in [1.165, 1.54) is 24.3 Å². The highest BCUT2D eigenvalue weighted by molar-refractivity contribution is 6.04. The molecule has 2 aromatic carbocycles. The maximum absolute atomic E-state index is 13.2. The number of hydrogen-bond donors (Lipinski definition) is 1. The zero-order chi connectivity index (χ0) is 19.8. The van der Waals surface area contributed by atoms with Crippen LogP contribution < -0.4 is 5.32 Å². The number of carbonyl (C=O) groups is 1. The van der Waals surface area contributed by atoms with E-state index in [4.69, 9.17) is 0 Å². The van der Waals surface area contributed by atoms with Crippen LogP contribution in [0.3, 0.4) is 0 Å². The highest BCUT2D eigenvalue weighted by Gasteiger charge is 2.27. The molecule has 1 aromatic heterocycles. The molecule has 0 unspecified atom stereocenters. The third-order valence-corrected chi connectivity index (χ3v) is 4.97. The second-order valence-corrected chi connectivity index (χ2v) is 6.68. The molecular weight excluding hydrogens is 363 g/mol. The van der Waals surface area contributed by atoms with Crippen molar-refractivity contribution in [3.05, 3.63) is 80.9 Å². The molecule has 8 heteroatoms. The minimum atomic E-state index is -0.480. The zero-order valence-corrected chi connectivity index (χ0v) is 15.1. The standard InChI is InChI=1S/C20H17FN4O3/c1-12-16(5-3-6-17(12)25(27)28)22-20(26)19-15-4-2-7-18(15)24(23-19)14-10-8-13(21)9-11-14/h3,5-6,8-11H,2,4,7H2,1H3,(H,22,26). The van der Waals surface area contributed by atoms with Crippen LogP contribution in [-0.2, 0) is 12.8 Å². The van der Waals surface area contributed by atoms with Crippen molar-refractivity contribution in [2.75, 3.05) is 5.32 Å². The Morgan fingerprint density at radius 3 is 2.68 bits per heavy atom. The van der Waals surface area contributed by atoms with E-state index in [0.717, 1.165) is 30.5 Å².